The standard InChI is InChI=1S/C15H15N3O5/c1-3-8-23-12(16)9-4-6-10(7-5-9)18-13(19)11(14(20)22-2)17-15(18)21/h3-7,11,16H,1,8H2,2H3,(H,17,21). The maximum Gasteiger partial charge on any atom is 0.338 e. The molecule has 1 unspecified atom stereocenters. The molecule has 1 atom stereocenters. The van der Waals surface area contributed by atoms with Gasteiger partial charge in [-0.25, -0.2) is 14.5 Å². The second-order valence-electron chi connectivity index (χ2n) is 4.55. The Labute approximate surface area is 132 Å². The molecule has 1 saturated heterocycles. The Morgan fingerprint density at radius 3 is 2.61 bits per heavy atom. The third-order valence-corrected chi connectivity index (χ3v) is 3.11. The average molecular weight is 317 g/mol. The van der Waals surface area contributed by atoms with Crippen molar-refractivity contribution in [2.24, 2.45) is 0 Å². The summed E-state index contributed by atoms with van der Waals surface area (Å²) in [5, 5.41) is 9.97. The van der Waals surface area contributed by atoms with Crippen LogP contribution in [0.3, 0.4) is 0 Å². The van der Waals surface area contributed by atoms with E-state index in [-0.39, 0.29) is 18.2 Å². The molecule has 1 fully saturated rings. The average Bonchev–Trinajstić information content (AvgIpc) is 2.86. The molecule has 1 aromatic rings. The highest BCUT2D eigenvalue weighted by Crippen LogP contribution is 2.21. The number of nitrogens with zero attached hydrogens (tertiary/aromatic N) is 1. The molecule has 0 radical (unpaired) electrons. The van der Waals surface area contributed by atoms with E-state index in [0.717, 1.165) is 12.0 Å². The molecule has 1 heterocycles. The number of urea groups is 1. The number of hydrogen-bond donors (Lipinski definition) is 2. The maximum absolute atomic E-state index is 12.1. The number of amides is 3. The van der Waals surface area contributed by atoms with Crippen LogP contribution in [0.15, 0.2) is 36.9 Å². The van der Waals surface area contributed by atoms with E-state index in [0.29, 0.717) is 5.56 Å². The topological polar surface area (TPSA) is 109 Å². The molecule has 1 aromatic carbocycles. The minimum atomic E-state index is -1.35. The first kappa shape index (κ1) is 16.2. The van der Waals surface area contributed by atoms with Crippen LogP contribution < -0.4 is 10.2 Å². The molecule has 2 rings (SSSR count). The number of benzene rings is 1. The number of anilines is 1. The van der Waals surface area contributed by atoms with Gasteiger partial charge >= 0.3 is 12.0 Å². The van der Waals surface area contributed by atoms with Gasteiger partial charge in [0.1, 0.15) is 6.61 Å². The Kier molecular flexibility index (Phi) is 4.75. The molecule has 0 aliphatic carbocycles. The zero-order valence-corrected chi connectivity index (χ0v) is 12.4. The van der Waals surface area contributed by atoms with Crippen LogP contribution in [0.4, 0.5) is 10.5 Å². The summed E-state index contributed by atoms with van der Waals surface area (Å²) >= 11 is 0. The number of hydrogen-bond acceptors (Lipinski definition) is 6. The van der Waals surface area contributed by atoms with Crippen LogP contribution in [0, 0.1) is 5.41 Å². The molecule has 8 nitrogen and oxygen atoms in total. The normalized spacial score (nSPS) is 16.7. The Bertz CT molecular complexity index is 668. The van der Waals surface area contributed by atoms with Gasteiger partial charge in [0.25, 0.3) is 5.91 Å². The fourth-order valence-corrected chi connectivity index (χ4v) is 1.99. The number of rotatable bonds is 5. The van der Waals surface area contributed by atoms with Crippen LogP contribution in [-0.2, 0) is 19.1 Å². The number of ether oxygens (including phenoxy) is 2. The van der Waals surface area contributed by atoms with Crippen LogP contribution in [0.2, 0.25) is 0 Å². The monoisotopic (exact) mass is 317 g/mol. The van der Waals surface area contributed by atoms with Crippen LogP contribution in [0.1, 0.15) is 5.56 Å². The lowest BCUT2D eigenvalue weighted by Gasteiger charge is -2.13. The summed E-state index contributed by atoms with van der Waals surface area (Å²) in [5.74, 6) is -1.60. The minimum Gasteiger partial charge on any atom is -0.473 e. The SMILES string of the molecule is C=CCOC(=N)c1ccc(N2C(=O)NC(C(=O)OC)C2=O)cc1. The summed E-state index contributed by atoms with van der Waals surface area (Å²) in [6.45, 7) is 3.69. The number of imide groups is 1. The van der Waals surface area contributed by atoms with Crippen LogP contribution in [-0.4, -0.2) is 43.6 Å². The molecule has 0 saturated carbocycles. The van der Waals surface area contributed by atoms with E-state index in [1.165, 1.54) is 30.3 Å². The van der Waals surface area contributed by atoms with Gasteiger partial charge in [0.2, 0.25) is 11.9 Å². The van der Waals surface area contributed by atoms with Crippen molar-refractivity contribution in [3.63, 3.8) is 0 Å². The summed E-state index contributed by atoms with van der Waals surface area (Å²) in [6.07, 6.45) is 1.52. The minimum absolute atomic E-state index is 0.0545. The summed E-state index contributed by atoms with van der Waals surface area (Å²) in [5.41, 5.74) is 0.756. The van der Waals surface area contributed by atoms with E-state index in [9.17, 15) is 14.4 Å². The smallest absolute Gasteiger partial charge is 0.338 e. The highest BCUT2D eigenvalue weighted by molar-refractivity contribution is 6.27. The van der Waals surface area contributed by atoms with Crippen molar-refractivity contribution in [1.82, 2.24) is 5.32 Å². The molecule has 120 valence electrons. The number of methoxy groups -OCH3 is 1. The van der Waals surface area contributed by atoms with E-state index in [4.69, 9.17) is 10.1 Å². The van der Waals surface area contributed by atoms with Gasteiger partial charge in [0, 0.05) is 5.56 Å². The number of carbonyl (C=O) groups is 3. The lowest BCUT2D eigenvalue weighted by molar-refractivity contribution is -0.145. The van der Waals surface area contributed by atoms with Gasteiger partial charge in [-0.3, -0.25) is 10.2 Å². The van der Waals surface area contributed by atoms with Crippen molar-refractivity contribution in [2.45, 2.75) is 6.04 Å². The van der Waals surface area contributed by atoms with Gasteiger partial charge in [-0.2, -0.15) is 0 Å². The van der Waals surface area contributed by atoms with E-state index >= 15 is 0 Å². The van der Waals surface area contributed by atoms with E-state index < -0.39 is 23.9 Å². The first-order valence-electron chi connectivity index (χ1n) is 6.64. The van der Waals surface area contributed by atoms with Crippen LogP contribution >= 0.6 is 0 Å². The highest BCUT2D eigenvalue weighted by Gasteiger charge is 2.44. The molecule has 0 aromatic heterocycles. The van der Waals surface area contributed by atoms with E-state index in [1.807, 2.05) is 0 Å². The molecule has 1 aliphatic rings. The van der Waals surface area contributed by atoms with Crippen molar-refractivity contribution in [2.75, 3.05) is 18.6 Å². The predicted molar refractivity (Wildman–Crippen MR) is 81.2 cm³/mol. The van der Waals surface area contributed by atoms with E-state index in [1.54, 1.807) is 0 Å². The lowest BCUT2D eigenvalue weighted by Crippen LogP contribution is -2.38. The van der Waals surface area contributed by atoms with E-state index in [2.05, 4.69) is 16.6 Å². The van der Waals surface area contributed by atoms with Gasteiger partial charge in [-0.05, 0) is 24.3 Å². The number of carbonyl (C=O) groups excluding carboxylic acids is 3. The molecule has 2 N–H and O–H groups in total. The molecule has 23 heavy (non-hydrogen) atoms. The second kappa shape index (κ2) is 6.73. The molecular weight excluding hydrogens is 302 g/mol. The Balaban J connectivity index is 2.17. The van der Waals surface area contributed by atoms with Gasteiger partial charge in [-0.1, -0.05) is 12.7 Å². The van der Waals surface area contributed by atoms with Gasteiger partial charge in [-0.15, -0.1) is 0 Å². The Hall–Kier alpha value is -3.16. The third kappa shape index (κ3) is 3.20. The molecule has 3 amide bonds. The van der Waals surface area contributed by atoms with Crippen molar-refractivity contribution in [3.05, 3.63) is 42.5 Å². The maximum atomic E-state index is 12.1. The van der Waals surface area contributed by atoms with Gasteiger partial charge in [0.05, 0.1) is 12.8 Å². The zero-order valence-electron chi connectivity index (χ0n) is 12.4. The number of nitrogens with one attached hydrogen (secondary N) is 2. The van der Waals surface area contributed by atoms with Crippen LogP contribution in [0.25, 0.3) is 0 Å². The summed E-state index contributed by atoms with van der Waals surface area (Å²) < 4.78 is 9.56. The molecular formula is C15H15N3O5. The fourth-order valence-electron chi connectivity index (χ4n) is 1.99. The van der Waals surface area contributed by atoms with Crippen molar-refractivity contribution < 1.29 is 23.9 Å². The second-order valence-corrected chi connectivity index (χ2v) is 4.55. The van der Waals surface area contributed by atoms with Gasteiger partial charge < -0.3 is 14.8 Å². The summed E-state index contributed by atoms with van der Waals surface area (Å²) in [7, 11) is 1.13. The molecule has 1 aliphatic heterocycles. The van der Waals surface area contributed by atoms with Gasteiger partial charge in [0.15, 0.2) is 0 Å². The number of esters is 1. The first-order valence-corrected chi connectivity index (χ1v) is 6.64. The summed E-state index contributed by atoms with van der Waals surface area (Å²) in [4.78, 5) is 36.3. The Morgan fingerprint density at radius 2 is 2.04 bits per heavy atom. The fraction of sp³-hybridized carbons (Fsp3) is 0.200. The third-order valence-electron chi connectivity index (χ3n) is 3.11. The van der Waals surface area contributed by atoms with Crippen molar-refractivity contribution in [1.29, 1.82) is 5.41 Å². The predicted octanol–water partition coefficient (Wildman–Crippen LogP) is 0.812. The van der Waals surface area contributed by atoms with Crippen molar-refractivity contribution >= 4 is 29.5 Å². The molecule has 8 heteroatoms. The first-order chi connectivity index (χ1) is 11.0. The summed E-state index contributed by atoms with van der Waals surface area (Å²) in [6, 6.07) is 3.98. The highest BCUT2D eigenvalue weighted by atomic mass is 16.5. The lowest BCUT2D eigenvalue weighted by atomic mass is 10.2. The molecule has 0 bridgehead atoms. The Morgan fingerprint density at radius 1 is 1.39 bits per heavy atom. The quantitative estimate of drug-likeness (QED) is 0.209. The van der Waals surface area contributed by atoms with Crippen LogP contribution in [0.5, 0.6) is 0 Å². The zero-order chi connectivity index (χ0) is 17.0. The largest absolute Gasteiger partial charge is 0.473 e. The van der Waals surface area contributed by atoms with Crippen molar-refractivity contribution in [3.8, 4) is 0 Å². The molecule has 0 spiro atoms.